The lowest BCUT2D eigenvalue weighted by atomic mass is 10.3. The van der Waals surface area contributed by atoms with E-state index in [2.05, 4.69) is 6.92 Å². The molecule has 1 aromatic carbocycles. The average Bonchev–Trinajstić information content (AvgIpc) is 2.66. The summed E-state index contributed by atoms with van der Waals surface area (Å²) in [5.74, 6) is -0.119. The van der Waals surface area contributed by atoms with Crippen LogP contribution in [0.1, 0.15) is 19.8 Å². The summed E-state index contributed by atoms with van der Waals surface area (Å²) in [6.45, 7) is 3.11. The van der Waals surface area contributed by atoms with Crippen molar-refractivity contribution in [3.05, 3.63) is 22.2 Å². The highest BCUT2D eigenvalue weighted by molar-refractivity contribution is 6.36. The van der Waals surface area contributed by atoms with E-state index in [0.29, 0.717) is 11.1 Å². The van der Waals surface area contributed by atoms with Crippen LogP contribution in [0.3, 0.4) is 0 Å². The number of hydrogen-bond donors (Lipinski definition) is 2. The van der Waals surface area contributed by atoms with E-state index in [0.717, 1.165) is 6.61 Å². The van der Waals surface area contributed by atoms with Crippen molar-refractivity contribution in [1.29, 1.82) is 0 Å². The monoisotopic (exact) mass is 263 g/mol. The van der Waals surface area contributed by atoms with Crippen molar-refractivity contribution < 1.29 is 9.84 Å². The standard InChI is InChI=1S/C6H5Cl2NO.C5H10O/c7-3-1-4(8)6(10)5(9)2-3;1-5-3-2-4-6-5/h1-2,10H,9H2;5H,2-4H2,1H3. The Bertz CT molecular complexity index is 329. The van der Waals surface area contributed by atoms with Crippen molar-refractivity contribution in [2.75, 3.05) is 12.3 Å². The summed E-state index contributed by atoms with van der Waals surface area (Å²) in [5, 5.41) is 9.60. The van der Waals surface area contributed by atoms with Crippen LogP contribution in [0.25, 0.3) is 0 Å². The lowest BCUT2D eigenvalue weighted by molar-refractivity contribution is 0.125. The van der Waals surface area contributed by atoms with Crippen LogP contribution >= 0.6 is 23.2 Å². The first-order chi connectivity index (χ1) is 7.50. The molecule has 3 nitrogen and oxygen atoms in total. The number of nitrogen functional groups attached to an aromatic ring is 1. The Morgan fingerprint density at radius 2 is 2.12 bits per heavy atom. The molecule has 0 radical (unpaired) electrons. The lowest BCUT2D eigenvalue weighted by Gasteiger charge is -2.00. The highest BCUT2D eigenvalue weighted by atomic mass is 35.5. The second-order valence-electron chi connectivity index (χ2n) is 3.65. The van der Waals surface area contributed by atoms with Crippen LogP contribution in [-0.2, 0) is 4.74 Å². The molecule has 3 N–H and O–H groups in total. The molecular formula is C11H15Cl2NO2. The Kier molecular flexibility index (Phi) is 5.19. The normalized spacial score (nSPS) is 19.1. The molecular weight excluding hydrogens is 249 g/mol. The number of phenolic OH excluding ortho intramolecular Hbond substituents is 1. The molecule has 0 aliphatic carbocycles. The number of aromatic hydroxyl groups is 1. The molecule has 2 rings (SSSR count). The summed E-state index contributed by atoms with van der Waals surface area (Å²) in [6, 6.07) is 2.86. The number of anilines is 1. The van der Waals surface area contributed by atoms with Crippen molar-refractivity contribution >= 4 is 28.9 Å². The number of hydrogen-bond acceptors (Lipinski definition) is 3. The van der Waals surface area contributed by atoms with Crippen molar-refractivity contribution in [2.24, 2.45) is 0 Å². The minimum absolute atomic E-state index is 0.119. The summed E-state index contributed by atoms with van der Waals surface area (Å²) >= 11 is 11.1. The largest absolute Gasteiger partial charge is 0.504 e. The maximum atomic E-state index is 9.02. The Hall–Kier alpha value is -0.640. The van der Waals surface area contributed by atoms with Crippen LogP contribution in [0.4, 0.5) is 5.69 Å². The third-order valence-corrected chi connectivity index (χ3v) is 2.72. The molecule has 90 valence electrons. The molecule has 1 aliphatic rings. The smallest absolute Gasteiger partial charge is 0.157 e. The van der Waals surface area contributed by atoms with Crippen LogP contribution in [0.2, 0.25) is 10.0 Å². The second kappa shape index (κ2) is 6.18. The van der Waals surface area contributed by atoms with Gasteiger partial charge in [0.15, 0.2) is 5.75 Å². The highest BCUT2D eigenvalue weighted by Crippen LogP contribution is 2.32. The number of nitrogens with two attached hydrogens (primary N) is 1. The fraction of sp³-hybridized carbons (Fsp3) is 0.455. The van der Waals surface area contributed by atoms with Crippen molar-refractivity contribution in [3.63, 3.8) is 0 Å². The van der Waals surface area contributed by atoms with Gasteiger partial charge < -0.3 is 15.6 Å². The Labute approximate surface area is 105 Å². The second-order valence-corrected chi connectivity index (χ2v) is 4.49. The number of halogens is 2. The average molecular weight is 264 g/mol. The predicted octanol–water partition coefficient (Wildman–Crippen LogP) is 3.47. The summed E-state index contributed by atoms with van der Waals surface area (Å²) in [6.07, 6.45) is 3.08. The first-order valence-corrected chi connectivity index (χ1v) is 5.81. The number of rotatable bonds is 0. The minimum Gasteiger partial charge on any atom is -0.504 e. The van der Waals surface area contributed by atoms with E-state index in [-0.39, 0.29) is 16.5 Å². The topological polar surface area (TPSA) is 55.5 Å². The van der Waals surface area contributed by atoms with Crippen molar-refractivity contribution in [2.45, 2.75) is 25.9 Å². The first kappa shape index (κ1) is 13.4. The molecule has 0 saturated carbocycles. The third-order valence-electron chi connectivity index (χ3n) is 2.22. The molecule has 1 unspecified atom stereocenters. The molecule has 16 heavy (non-hydrogen) atoms. The van der Waals surface area contributed by atoms with Gasteiger partial charge >= 0.3 is 0 Å². The van der Waals surface area contributed by atoms with Gasteiger partial charge in [0, 0.05) is 11.6 Å². The van der Waals surface area contributed by atoms with E-state index in [9.17, 15) is 0 Å². The fourth-order valence-corrected chi connectivity index (χ4v) is 1.83. The van der Waals surface area contributed by atoms with E-state index in [1.165, 1.54) is 25.0 Å². The van der Waals surface area contributed by atoms with Gasteiger partial charge in [0.05, 0.1) is 16.8 Å². The molecule has 1 saturated heterocycles. The Balaban J connectivity index is 0.000000181. The SMILES string of the molecule is CC1CCCO1.Nc1cc(Cl)cc(Cl)c1O. The minimum atomic E-state index is -0.119. The van der Waals surface area contributed by atoms with Gasteiger partial charge in [0.2, 0.25) is 0 Å². The fourth-order valence-electron chi connectivity index (χ4n) is 1.32. The Morgan fingerprint density at radius 3 is 2.50 bits per heavy atom. The van der Waals surface area contributed by atoms with Crippen LogP contribution < -0.4 is 5.73 Å². The molecule has 0 aromatic heterocycles. The first-order valence-electron chi connectivity index (χ1n) is 5.05. The molecule has 1 heterocycles. The van der Waals surface area contributed by atoms with Gasteiger partial charge in [-0.25, -0.2) is 0 Å². The third kappa shape index (κ3) is 4.08. The molecule has 1 aromatic rings. The number of ether oxygens (including phenoxy) is 1. The molecule has 1 fully saturated rings. The van der Waals surface area contributed by atoms with Gasteiger partial charge in [-0.15, -0.1) is 0 Å². The summed E-state index contributed by atoms with van der Waals surface area (Å²) in [4.78, 5) is 0. The van der Waals surface area contributed by atoms with Gasteiger partial charge in [-0.1, -0.05) is 23.2 Å². The zero-order valence-corrected chi connectivity index (χ0v) is 10.6. The van der Waals surface area contributed by atoms with Gasteiger partial charge in [-0.2, -0.15) is 0 Å². The highest BCUT2D eigenvalue weighted by Gasteiger charge is 2.07. The summed E-state index contributed by atoms with van der Waals surface area (Å²) in [7, 11) is 0. The zero-order valence-electron chi connectivity index (χ0n) is 9.04. The van der Waals surface area contributed by atoms with Crippen LogP contribution in [0.15, 0.2) is 12.1 Å². The molecule has 1 aliphatic heterocycles. The molecule has 5 heteroatoms. The summed E-state index contributed by atoms with van der Waals surface area (Å²) < 4.78 is 5.15. The molecule has 0 bridgehead atoms. The van der Waals surface area contributed by atoms with Crippen LogP contribution in [-0.4, -0.2) is 17.8 Å². The van der Waals surface area contributed by atoms with Gasteiger partial charge in [0.25, 0.3) is 0 Å². The maximum absolute atomic E-state index is 9.02. The van der Waals surface area contributed by atoms with E-state index in [1.807, 2.05) is 0 Å². The van der Waals surface area contributed by atoms with Crippen LogP contribution in [0, 0.1) is 0 Å². The van der Waals surface area contributed by atoms with Gasteiger partial charge in [0.1, 0.15) is 0 Å². The zero-order chi connectivity index (χ0) is 12.1. The predicted molar refractivity (Wildman–Crippen MR) is 67.2 cm³/mol. The molecule has 1 atom stereocenters. The maximum Gasteiger partial charge on any atom is 0.157 e. The quantitative estimate of drug-likeness (QED) is 0.557. The van der Waals surface area contributed by atoms with E-state index in [1.54, 1.807) is 0 Å². The van der Waals surface area contributed by atoms with Gasteiger partial charge in [-0.05, 0) is 31.9 Å². The van der Waals surface area contributed by atoms with E-state index < -0.39 is 0 Å². The molecule has 0 spiro atoms. The summed E-state index contributed by atoms with van der Waals surface area (Å²) in [5.41, 5.74) is 5.49. The number of phenols is 1. The van der Waals surface area contributed by atoms with Crippen molar-refractivity contribution in [3.8, 4) is 5.75 Å². The molecule has 0 amide bonds. The van der Waals surface area contributed by atoms with E-state index >= 15 is 0 Å². The van der Waals surface area contributed by atoms with E-state index in [4.69, 9.17) is 38.8 Å². The Morgan fingerprint density at radius 1 is 1.44 bits per heavy atom. The lowest BCUT2D eigenvalue weighted by Crippen LogP contribution is -1.94. The van der Waals surface area contributed by atoms with Gasteiger partial charge in [-0.3, -0.25) is 0 Å². The van der Waals surface area contributed by atoms with Crippen LogP contribution in [0.5, 0.6) is 5.75 Å². The van der Waals surface area contributed by atoms with Crippen molar-refractivity contribution in [1.82, 2.24) is 0 Å². The number of benzene rings is 1.